The van der Waals surface area contributed by atoms with Crippen molar-refractivity contribution < 1.29 is 14.5 Å². The molecule has 142 valence electrons. The first-order chi connectivity index (χ1) is 13.7. The number of hydroxylamine groups is 1. The van der Waals surface area contributed by atoms with Gasteiger partial charge in [-0.3, -0.25) is 15.0 Å². The highest BCUT2D eigenvalue weighted by atomic mass is 16.7. The minimum atomic E-state index is -0.425. The maximum absolute atomic E-state index is 10.8. The van der Waals surface area contributed by atoms with Crippen molar-refractivity contribution in [2.75, 3.05) is 11.7 Å². The number of anilines is 1. The van der Waals surface area contributed by atoms with Gasteiger partial charge >= 0.3 is 0 Å². The van der Waals surface area contributed by atoms with Gasteiger partial charge in [0.2, 0.25) is 0 Å². The Hall–Kier alpha value is -3.38. The predicted octanol–water partition coefficient (Wildman–Crippen LogP) is 4.93. The lowest BCUT2D eigenvalue weighted by Gasteiger charge is -2.25. The van der Waals surface area contributed by atoms with E-state index < -0.39 is 4.92 Å². The normalized spacial score (nSPS) is 18.8. The third kappa shape index (κ3) is 3.97. The Morgan fingerprint density at radius 2 is 1.61 bits per heavy atom. The lowest BCUT2D eigenvalue weighted by molar-refractivity contribution is -0.384. The van der Waals surface area contributed by atoms with Crippen LogP contribution in [-0.4, -0.2) is 17.6 Å². The summed E-state index contributed by atoms with van der Waals surface area (Å²) in [5.41, 5.74) is 2.22. The molecule has 0 saturated carbocycles. The summed E-state index contributed by atoms with van der Waals surface area (Å²) in [5, 5.41) is 12.7. The first-order valence-electron chi connectivity index (χ1n) is 9.14. The summed E-state index contributed by atoms with van der Waals surface area (Å²) in [7, 11) is 0. The highest BCUT2D eigenvalue weighted by Crippen LogP contribution is 2.38. The maximum Gasteiger partial charge on any atom is 0.269 e. The zero-order valence-electron chi connectivity index (χ0n) is 15.2. The third-order valence-corrected chi connectivity index (χ3v) is 4.71. The molecular weight excluding hydrogens is 356 g/mol. The van der Waals surface area contributed by atoms with Crippen molar-refractivity contribution in [2.45, 2.75) is 18.6 Å². The van der Waals surface area contributed by atoms with Crippen LogP contribution in [0.2, 0.25) is 0 Å². The maximum atomic E-state index is 10.8. The summed E-state index contributed by atoms with van der Waals surface area (Å²) in [6.45, 7) is 0.366. The average molecular weight is 376 g/mol. The quantitative estimate of drug-likeness (QED) is 0.451. The van der Waals surface area contributed by atoms with Crippen LogP contribution in [0.25, 0.3) is 0 Å². The van der Waals surface area contributed by atoms with Gasteiger partial charge in [0.05, 0.1) is 16.7 Å². The van der Waals surface area contributed by atoms with Crippen LogP contribution in [0.4, 0.5) is 11.4 Å². The molecule has 28 heavy (non-hydrogen) atoms. The Morgan fingerprint density at radius 3 is 2.25 bits per heavy atom. The van der Waals surface area contributed by atoms with Crippen molar-refractivity contribution in [1.29, 1.82) is 0 Å². The molecule has 0 radical (unpaired) electrons. The van der Waals surface area contributed by atoms with Gasteiger partial charge in [-0.05, 0) is 29.8 Å². The van der Waals surface area contributed by atoms with Crippen LogP contribution in [0.15, 0.2) is 84.9 Å². The van der Waals surface area contributed by atoms with E-state index in [1.807, 2.05) is 53.6 Å². The Labute approximate surface area is 163 Å². The highest BCUT2D eigenvalue weighted by molar-refractivity contribution is 5.47. The smallest absolute Gasteiger partial charge is 0.269 e. The molecule has 1 heterocycles. The van der Waals surface area contributed by atoms with Crippen LogP contribution in [-0.2, 0) is 4.84 Å². The van der Waals surface area contributed by atoms with Gasteiger partial charge in [0, 0.05) is 18.6 Å². The molecule has 3 aromatic carbocycles. The molecule has 1 fully saturated rings. The van der Waals surface area contributed by atoms with E-state index in [9.17, 15) is 10.1 Å². The monoisotopic (exact) mass is 376 g/mol. The predicted molar refractivity (Wildman–Crippen MR) is 106 cm³/mol. The Kier molecular flexibility index (Phi) is 5.21. The molecule has 0 N–H and O–H groups in total. The average Bonchev–Trinajstić information content (AvgIpc) is 3.18. The minimum absolute atomic E-state index is 0.0452. The first-order valence-corrected chi connectivity index (χ1v) is 9.14. The molecule has 0 unspecified atom stereocenters. The molecule has 0 aromatic heterocycles. The van der Waals surface area contributed by atoms with Gasteiger partial charge in [-0.2, -0.15) is 0 Å². The molecule has 2 atom stereocenters. The van der Waals surface area contributed by atoms with E-state index >= 15 is 0 Å². The van der Waals surface area contributed by atoms with Crippen LogP contribution in [0.3, 0.4) is 0 Å². The molecule has 0 aliphatic carbocycles. The molecule has 1 aliphatic rings. The van der Waals surface area contributed by atoms with E-state index in [2.05, 4.69) is 12.1 Å². The van der Waals surface area contributed by atoms with Gasteiger partial charge < -0.3 is 4.74 Å². The van der Waals surface area contributed by atoms with Crippen molar-refractivity contribution in [3.05, 3.63) is 101 Å². The van der Waals surface area contributed by atoms with Crippen LogP contribution >= 0.6 is 0 Å². The van der Waals surface area contributed by atoms with Gasteiger partial charge in [0.25, 0.3) is 5.69 Å². The van der Waals surface area contributed by atoms with E-state index in [0.717, 1.165) is 12.1 Å². The molecular formula is C22H20N2O4. The second kappa shape index (κ2) is 8.10. The van der Waals surface area contributed by atoms with E-state index in [-0.39, 0.29) is 17.8 Å². The van der Waals surface area contributed by atoms with E-state index in [1.54, 1.807) is 12.1 Å². The molecule has 3 aromatic rings. The van der Waals surface area contributed by atoms with Gasteiger partial charge in [-0.25, -0.2) is 5.06 Å². The second-order valence-corrected chi connectivity index (χ2v) is 6.61. The number of non-ortho nitro benzene ring substituents is 1. The third-order valence-electron chi connectivity index (χ3n) is 4.71. The van der Waals surface area contributed by atoms with Crippen molar-refractivity contribution in [3.63, 3.8) is 0 Å². The van der Waals surface area contributed by atoms with Crippen molar-refractivity contribution in [2.24, 2.45) is 0 Å². The number of rotatable bonds is 6. The number of hydrogen-bond donors (Lipinski definition) is 0. The number of benzene rings is 3. The summed E-state index contributed by atoms with van der Waals surface area (Å²) in [6.07, 6.45) is 0.659. The second-order valence-electron chi connectivity index (χ2n) is 6.61. The zero-order valence-corrected chi connectivity index (χ0v) is 15.2. The molecule has 1 saturated heterocycles. The summed E-state index contributed by atoms with van der Waals surface area (Å²) < 4.78 is 5.82. The van der Waals surface area contributed by atoms with Crippen LogP contribution in [0.1, 0.15) is 18.0 Å². The molecule has 1 aliphatic heterocycles. The van der Waals surface area contributed by atoms with Crippen molar-refractivity contribution in [3.8, 4) is 5.75 Å². The van der Waals surface area contributed by atoms with Gasteiger partial charge in [0.1, 0.15) is 18.5 Å². The lowest BCUT2D eigenvalue weighted by atomic mass is 10.0. The van der Waals surface area contributed by atoms with E-state index in [0.29, 0.717) is 12.4 Å². The van der Waals surface area contributed by atoms with E-state index in [4.69, 9.17) is 9.57 Å². The molecule has 6 nitrogen and oxygen atoms in total. The molecule has 6 heteroatoms. The lowest BCUT2D eigenvalue weighted by Crippen LogP contribution is -2.23. The van der Waals surface area contributed by atoms with Crippen LogP contribution in [0, 0.1) is 10.1 Å². The molecule has 4 rings (SSSR count). The topological polar surface area (TPSA) is 64.8 Å². The first kappa shape index (κ1) is 18.0. The van der Waals surface area contributed by atoms with Gasteiger partial charge in [-0.15, -0.1) is 0 Å². The van der Waals surface area contributed by atoms with Crippen LogP contribution < -0.4 is 9.80 Å². The van der Waals surface area contributed by atoms with Crippen molar-refractivity contribution in [1.82, 2.24) is 0 Å². The fourth-order valence-corrected chi connectivity index (χ4v) is 3.34. The standard InChI is InChI=1S/C22H20N2O4/c25-24(26)19-11-13-20(14-12-19)27-16-21-15-22(17-7-3-1-4-8-17)23(28-21)18-9-5-2-6-10-18/h1-14,21-22H,15-16H2/t21-,22+/m0/s1. The SMILES string of the molecule is O=[N+]([O-])c1ccc(OC[C@@H]2C[C@H](c3ccccc3)N(c3ccccc3)O2)cc1. The summed E-state index contributed by atoms with van der Waals surface area (Å²) in [4.78, 5) is 16.5. The Bertz CT molecular complexity index is 869. The Morgan fingerprint density at radius 1 is 0.964 bits per heavy atom. The number of ether oxygens (including phenoxy) is 1. The fraction of sp³-hybridized carbons (Fsp3) is 0.182. The highest BCUT2D eigenvalue weighted by Gasteiger charge is 2.35. The molecule has 0 amide bonds. The van der Waals surface area contributed by atoms with Gasteiger partial charge in [-0.1, -0.05) is 48.5 Å². The number of para-hydroxylation sites is 1. The summed E-state index contributed by atoms with van der Waals surface area (Å²) in [6, 6.07) is 26.4. The Balaban J connectivity index is 1.47. The fourth-order valence-electron chi connectivity index (χ4n) is 3.34. The number of hydrogen-bond acceptors (Lipinski definition) is 5. The number of nitro benzene ring substituents is 1. The number of nitro groups is 1. The minimum Gasteiger partial charge on any atom is -0.491 e. The largest absolute Gasteiger partial charge is 0.491 e. The van der Waals surface area contributed by atoms with Crippen molar-refractivity contribution >= 4 is 11.4 Å². The summed E-state index contributed by atoms with van der Waals surface area (Å²) >= 11 is 0. The van der Waals surface area contributed by atoms with Gasteiger partial charge in [0.15, 0.2) is 0 Å². The number of nitrogens with zero attached hydrogens (tertiary/aromatic N) is 2. The van der Waals surface area contributed by atoms with E-state index in [1.165, 1.54) is 17.7 Å². The molecule has 0 bridgehead atoms. The zero-order chi connectivity index (χ0) is 19.3. The molecule has 0 spiro atoms. The van der Waals surface area contributed by atoms with Crippen LogP contribution in [0.5, 0.6) is 5.75 Å². The summed E-state index contributed by atoms with van der Waals surface area (Å²) in [5.74, 6) is 0.587.